The molecule has 1 atom stereocenters. The summed E-state index contributed by atoms with van der Waals surface area (Å²) < 4.78 is 13.7. The minimum absolute atomic E-state index is 0.134. The maximum atomic E-state index is 13.7. The molecule has 0 fully saturated rings. The first-order chi connectivity index (χ1) is 9.47. The van der Waals surface area contributed by atoms with Gasteiger partial charge in [-0.25, -0.2) is 4.39 Å². The van der Waals surface area contributed by atoms with Crippen molar-refractivity contribution in [3.8, 4) is 0 Å². The van der Waals surface area contributed by atoms with Gasteiger partial charge < -0.3 is 11.1 Å². The zero-order chi connectivity index (χ0) is 14.7. The molecule has 0 aliphatic rings. The Kier molecular flexibility index (Phi) is 4.25. The number of benzene rings is 2. The van der Waals surface area contributed by atoms with E-state index in [0.29, 0.717) is 5.02 Å². The molecular weight excluding hydrogens is 279 g/mol. The molecule has 0 aliphatic carbocycles. The van der Waals surface area contributed by atoms with Crippen molar-refractivity contribution in [2.24, 2.45) is 5.73 Å². The average molecular weight is 293 g/mol. The van der Waals surface area contributed by atoms with Crippen LogP contribution in [0.4, 0.5) is 10.1 Å². The number of carbonyl (C=O) groups excluding carboxylic acids is 1. The molecule has 0 saturated carbocycles. The molecule has 0 aliphatic heterocycles. The van der Waals surface area contributed by atoms with Gasteiger partial charge in [0.15, 0.2) is 0 Å². The normalized spacial score (nSPS) is 11.9. The van der Waals surface area contributed by atoms with Gasteiger partial charge in [0.05, 0.1) is 5.69 Å². The third kappa shape index (κ3) is 3.27. The molecule has 2 aromatic carbocycles. The van der Waals surface area contributed by atoms with Crippen molar-refractivity contribution in [1.82, 2.24) is 0 Å². The van der Waals surface area contributed by atoms with Crippen molar-refractivity contribution in [2.75, 3.05) is 5.32 Å². The number of halogens is 2. The number of hydrogen-bond acceptors (Lipinski definition) is 2. The fourth-order valence-corrected chi connectivity index (χ4v) is 1.98. The SMILES string of the molecule is CC(Nc1cc(C(N)=O)ccc1F)c1ccc(Cl)cc1. The van der Waals surface area contributed by atoms with Crippen LogP contribution in [-0.4, -0.2) is 5.91 Å². The molecule has 5 heteroatoms. The highest BCUT2D eigenvalue weighted by Gasteiger charge is 2.11. The monoisotopic (exact) mass is 292 g/mol. The molecule has 2 aromatic rings. The fourth-order valence-electron chi connectivity index (χ4n) is 1.86. The quantitative estimate of drug-likeness (QED) is 0.901. The van der Waals surface area contributed by atoms with Crippen LogP contribution in [0.3, 0.4) is 0 Å². The number of primary amides is 1. The van der Waals surface area contributed by atoms with E-state index in [0.717, 1.165) is 5.56 Å². The molecule has 3 N–H and O–H groups in total. The Balaban J connectivity index is 2.22. The summed E-state index contributed by atoms with van der Waals surface area (Å²) in [5.74, 6) is -1.02. The third-order valence-corrected chi connectivity index (χ3v) is 3.24. The van der Waals surface area contributed by atoms with Crippen LogP contribution < -0.4 is 11.1 Å². The number of rotatable bonds is 4. The zero-order valence-corrected chi connectivity index (χ0v) is 11.6. The molecule has 0 spiro atoms. The van der Waals surface area contributed by atoms with E-state index in [4.69, 9.17) is 17.3 Å². The Morgan fingerprint density at radius 2 is 1.90 bits per heavy atom. The van der Waals surface area contributed by atoms with Crippen molar-refractivity contribution >= 4 is 23.2 Å². The van der Waals surface area contributed by atoms with E-state index in [1.165, 1.54) is 18.2 Å². The molecule has 1 amide bonds. The van der Waals surface area contributed by atoms with E-state index in [2.05, 4.69) is 5.32 Å². The predicted octanol–water partition coefficient (Wildman–Crippen LogP) is 3.75. The maximum absolute atomic E-state index is 13.7. The number of anilines is 1. The molecular formula is C15H14ClFN2O. The zero-order valence-electron chi connectivity index (χ0n) is 10.9. The number of hydrogen-bond donors (Lipinski definition) is 2. The Morgan fingerprint density at radius 1 is 1.25 bits per heavy atom. The molecule has 0 bridgehead atoms. The van der Waals surface area contributed by atoms with E-state index < -0.39 is 11.7 Å². The molecule has 1 unspecified atom stereocenters. The Hall–Kier alpha value is -2.07. The number of carbonyl (C=O) groups is 1. The standard InChI is InChI=1S/C15H14ClFN2O/c1-9(10-2-5-12(16)6-3-10)19-14-8-11(15(18)20)4-7-13(14)17/h2-9,19H,1H3,(H2,18,20). The predicted molar refractivity (Wildman–Crippen MR) is 78.4 cm³/mol. The molecule has 0 saturated heterocycles. The van der Waals surface area contributed by atoms with E-state index in [-0.39, 0.29) is 17.3 Å². The van der Waals surface area contributed by atoms with Crippen LogP contribution in [0, 0.1) is 5.82 Å². The van der Waals surface area contributed by atoms with Gasteiger partial charge in [0.25, 0.3) is 0 Å². The van der Waals surface area contributed by atoms with Crippen molar-refractivity contribution < 1.29 is 9.18 Å². The van der Waals surface area contributed by atoms with Gasteiger partial charge in [-0.15, -0.1) is 0 Å². The third-order valence-electron chi connectivity index (χ3n) is 2.99. The fraction of sp³-hybridized carbons (Fsp3) is 0.133. The summed E-state index contributed by atoms with van der Waals surface area (Å²) in [6.45, 7) is 1.89. The van der Waals surface area contributed by atoms with Gasteiger partial charge in [0.1, 0.15) is 5.82 Å². The number of nitrogens with one attached hydrogen (secondary N) is 1. The summed E-state index contributed by atoms with van der Waals surface area (Å²) in [5.41, 5.74) is 6.65. The summed E-state index contributed by atoms with van der Waals surface area (Å²) >= 11 is 5.83. The van der Waals surface area contributed by atoms with Crippen LogP contribution in [0.2, 0.25) is 5.02 Å². The first kappa shape index (κ1) is 14.3. The Labute approximate surface area is 121 Å². The van der Waals surface area contributed by atoms with Gasteiger partial charge in [-0.1, -0.05) is 23.7 Å². The second-order valence-electron chi connectivity index (χ2n) is 4.48. The van der Waals surface area contributed by atoms with E-state index in [1.54, 1.807) is 12.1 Å². The Morgan fingerprint density at radius 3 is 2.50 bits per heavy atom. The van der Waals surface area contributed by atoms with E-state index in [9.17, 15) is 9.18 Å². The molecule has 104 valence electrons. The Bertz CT molecular complexity index is 628. The summed E-state index contributed by atoms with van der Waals surface area (Å²) in [7, 11) is 0. The second kappa shape index (κ2) is 5.92. The molecule has 20 heavy (non-hydrogen) atoms. The van der Waals surface area contributed by atoms with Gasteiger partial charge in [-0.2, -0.15) is 0 Å². The average Bonchev–Trinajstić information content (AvgIpc) is 2.41. The lowest BCUT2D eigenvalue weighted by Gasteiger charge is -2.17. The van der Waals surface area contributed by atoms with Gasteiger partial charge in [-0.05, 0) is 42.8 Å². The van der Waals surface area contributed by atoms with Crippen LogP contribution in [0.15, 0.2) is 42.5 Å². The summed E-state index contributed by atoms with van der Waals surface area (Å²) in [5, 5.41) is 3.66. The largest absolute Gasteiger partial charge is 0.376 e. The molecule has 0 heterocycles. The van der Waals surface area contributed by atoms with Crippen molar-refractivity contribution in [3.63, 3.8) is 0 Å². The van der Waals surface area contributed by atoms with Gasteiger partial charge in [-0.3, -0.25) is 4.79 Å². The van der Waals surface area contributed by atoms with Crippen LogP contribution in [0.25, 0.3) is 0 Å². The van der Waals surface area contributed by atoms with Crippen molar-refractivity contribution in [2.45, 2.75) is 13.0 Å². The first-order valence-electron chi connectivity index (χ1n) is 6.08. The van der Waals surface area contributed by atoms with Crippen LogP contribution >= 0.6 is 11.6 Å². The number of nitrogens with two attached hydrogens (primary N) is 1. The van der Waals surface area contributed by atoms with E-state index >= 15 is 0 Å². The molecule has 0 radical (unpaired) electrons. The maximum Gasteiger partial charge on any atom is 0.248 e. The first-order valence-corrected chi connectivity index (χ1v) is 6.46. The highest BCUT2D eigenvalue weighted by Crippen LogP contribution is 2.23. The summed E-state index contributed by atoms with van der Waals surface area (Å²) in [4.78, 5) is 11.1. The summed E-state index contributed by atoms with van der Waals surface area (Å²) in [6, 6.07) is 11.1. The van der Waals surface area contributed by atoms with Crippen molar-refractivity contribution in [1.29, 1.82) is 0 Å². The lowest BCUT2D eigenvalue weighted by Crippen LogP contribution is -2.13. The highest BCUT2D eigenvalue weighted by molar-refractivity contribution is 6.30. The van der Waals surface area contributed by atoms with Gasteiger partial charge in [0.2, 0.25) is 5.91 Å². The highest BCUT2D eigenvalue weighted by atomic mass is 35.5. The minimum atomic E-state index is -0.591. The van der Waals surface area contributed by atoms with E-state index in [1.807, 2.05) is 19.1 Å². The van der Waals surface area contributed by atoms with Gasteiger partial charge >= 0.3 is 0 Å². The van der Waals surface area contributed by atoms with Crippen LogP contribution in [0.1, 0.15) is 28.9 Å². The minimum Gasteiger partial charge on any atom is -0.376 e. The molecule has 0 aromatic heterocycles. The van der Waals surface area contributed by atoms with Crippen molar-refractivity contribution in [3.05, 3.63) is 64.4 Å². The summed E-state index contributed by atoms with van der Waals surface area (Å²) in [6.07, 6.45) is 0. The second-order valence-corrected chi connectivity index (χ2v) is 4.91. The van der Waals surface area contributed by atoms with Gasteiger partial charge in [0, 0.05) is 16.6 Å². The lowest BCUT2D eigenvalue weighted by molar-refractivity contribution is 0.100. The molecule has 3 nitrogen and oxygen atoms in total. The van der Waals surface area contributed by atoms with Crippen LogP contribution in [-0.2, 0) is 0 Å². The number of amides is 1. The topological polar surface area (TPSA) is 55.1 Å². The smallest absolute Gasteiger partial charge is 0.248 e. The lowest BCUT2D eigenvalue weighted by atomic mass is 10.1. The molecule has 2 rings (SSSR count). The van der Waals surface area contributed by atoms with Crippen LogP contribution in [0.5, 0.6) is 0 Å².